The number of aryl methyl sites for hydroxylation is 1. The number of amides is 1. The molecule has 0 radical (unpaired) electrons. The summed E-state index contributed by atoms with van der Waals surface area (Å²) in [7, 11) is 1.86. The van der Waals surface area contributed by atoms with E-state index >= 15 is 0 Å². The molecule has 0 saturated heterocycles. The molecule has 0 bridgehead atoms. The number of nitrogens with zero attached hydrogens (tertiary/aromatic N) is 4. The predicted molar refractivity (Wildman–Crippen MR) is 125 cm³/mol. The molecule has 0 aliphatic heterocycles. The normalized spacial score (nSPS) is 11.0. The standard InChI is InChI=1S/C24H19N5O5/c1-28-21-8-3-2-7-20(21)26-22(28)14-23(30)27-25-15-16-9-11-19(12-10-16)34-24(31)17-5-4-6-18(13-17)29(32)33/h2-13,15H,14H2,1H3,(H,27,30)/b25-15-. The molecule has 1 N–H and O–H groups in total. The molecule has 1 heterocycles. The van der Waals surface area contributed by atoms with Crippen molar-refractivity contribution in [3.05, 3.63) is 99.9 Å². The summed E-state index contributed by atoms with van der Waals surface area (Å²) in [6.07, 6.45) is 1.54. The highest BCUT2D eigenvalue weighted by molar-refractivity contribution is 5.92. The zero-order chi connectivity index (χ0) is 24.1. The Hall–Kier alpha value is -4.86. The summed E-state index contributed by atoms with van der Waals surface area (Å²) in [5.74, 6) is -0.125. The highest BCUT2D eigenvalue weighted by Crippen LogP contribution is 2.17. The number of aromatic nitrogens is 2. The third-order valence-corrected chi connectivity index (χ3v) is 4.98. The average molecular weight is 457 g/mol. The number of hydrogen-bond acceptors (Lipinski definition) is 7. The van der Waals surface area contributed by atoms with Gasteiger partial charge in [0.1, 0.15) is 11.6 Å². The van der Waals surface area contributed by atoms with Crippen molar-refractivity contribution in [3.8, 4) is 5.75 Å². The summed E-state index contributed by atoms with van der Waals surface area (Å²) < 4.78 is 7.12. The van der Waals surface area contributed by atoms with Crippen LogP contribution in [0.15, 0.2) is 77.9 Å². The summed E-state index contributed by atoms with van der Waals surface area (Å²) >= 11 is 0. The number of benzene rings is 3. The SMILES string of the molecule is Cn1c(CC(=O)N/N=C\c2ccc(OC(=O)c3cccc([N+](=O)[O-])c3)cc2)nc2ccccc21. The van der Waals surface area contributed by atoms with Crippen LogP contribution < -0.4 is 10.2 Å². The first-order chi connectivity index (χ1) is 16.4. The monoisotopic (exact) mass is 457 g/mol. The van der Waals surface area contributed by atoms with Gasteiger partial charge in [0, 0.05) is 19.2 Å². The van der Waals surface area contributed by atoms with Crippen molar-refractivity contribution < 1.29 is 19.2 Å². The number of hydrazone groups is 1. The van der Waals surface area contributed by atoms with Crippen LogP contribution in [0.5, 0.6) is 5.75 Å². The van der Waals surface area contributed by atoms with Gasteiger partial charge in [-0.25, -0.2) is 15.2 Å². The van der Waals surface area contributed by atoms with Gasteiger partial charge >= 0.3 is 5.97 Å². The van der Waals surface area contributed by atoms with Crippen LogP contribution in [-0.4, -0.2) is 32.6 Å². The maximum atomic E-state index is 12.2. The van der Waals surface area contributed by atoms with Gasteiger partial charge in [-0.05, 0) is 48.0 Å². The molecule has 4 aromatic rings. The lowest BCUT2D eigenvalue weighted by Gasteiger charge is -2.05. The molecule has 34 heavy (non-hydrogen) atoms. The fourth-order valence-electron chi connectivity index (χ4n) is 3.25. The van der Waals surface area contributed by atoms with Gasteiger partial charge in [-0.1, -0.05) is 18.2 Å². The molecule has 10 nitrogen and oxygen atoms in total. The van der Waals surface area contributed by atoms with Crippen LogP contribution in [0, 0.1) is 10.1 Å². The van der Waals surface area contributed by atoms with Crippen LogP contribution in [0.4, 0.5) is 5.69 Å². The molecule has 0 aliphatic rings. The number of ether oxygens (including phenoxy) is 1. The number of para-hydroxylation sites is 2. The minimum atomic E-state index is -0.709. The fraction of sp³-hybridized carbons (Fsp3) is 0.0833. The van der Waals surface area contributed by atoms with Crippen LogP contribution in [0.25, 0.3) is 11.0 Å². The quantitative estimate of drug-likeness (QED) is 0.149. The minimum absolute atomic E-state index is 0.0724. The Kier molecular flexibility index (Phi) is 6.40. The lowest BCUT2D eigenvalue weighted by molar-refractivity contribution is -0.384. The van der Waals surface area contributed by atoms with E-state index in [0.717, 1.165) is 17.1 Å². The van der Waals surface area contributed by atoms with E-state index < -0.39 is 10.9 Å². The first-order valence-corrected chi connectivity index (χ1v) is 10.2. The molecule has 0 atom stereocenters. The van der Waals surface area contributed by atoms with Gasteiger partial charge in [-0.15, -0.1) is 0 Å². The van der Waals surface area contributed by atoms with E-state index in [9.17, 15) is 19.7 Å². The van der Waals surface area contributed by atoms with Crippen LogP contribution in [0.2, 0.25) is 0 Å². The zero-order valence-electron chi connectivity index (χ0n) is 18.0. The van der Waals surface area contributed by atoms with Gasteiger partial charge in [-0.3, -0.25) is 14.9 Å². The maximum absolute atomic E-state index is 12.2. The number of hydrogen-bond donors (Lipinski definition) is 1. The Morgan fingerprint density at radius 1 is 1.12 bits per heavy atom. The van der Waals surface area contributed by atoms with Crippen molar-refractivity contribution in [2.45, 2.75) is 6.42 Å². The van der Waals surface area contributed by atoms with Crippen LogP contribution in [0.3, 0.4) is 0 Å². The second-order valence-electron chi connectivity index (χ2n) is 7.31. The number of carbonyl (C=O) groups excluding carboxylic acids is 2. The van der Waals surface area contributed by atoms with E-state index in [1.54, 1.807) is 24.3 Å². The molecule has 0 unspecified atom stereocenters. The van der Waals surface area contributed by atoms with E-state index in [2.05, 4.69) is 15.5 Å². The Bertz CT molecular complexity index is 1410. The fourth-order valence-corrected chi connectivity index (χ4v) is 3.25. The van der Waals surface area contributed by atoms with Crippen molar-refractivity contribution in [1.29, 1.82) is 0 Å². The van der Waals surface area contributed by atoms with Gasteiger partial charge in [0.2, 0.25) is 5.91 Å². The first-order valence-electron chi connectivity index (χ1n) is 10.2. The number of nitro groups is 1. The van der Waals surface area contributed by atoms with Gasteiger partial charge in [0.15, 0.2) is 0 Å². The van der Waals surface area contributed by atoms with E-state index in [1.165, 1.54) is 24.4 Å². The second kappa shape index (κ2) is 9.74. The second-order valence-corrected chi connectivity index (χ2v) is 7.31. The molecule has 170 valence electrons. The highest BCUT2D eigenvalue weighted by Gasteiger charge is 2.14. The number of nitro benzene ring substituents is 1. The molecular formula is C24H19N5O5. The number of fused-ring (bicyclic) bond motifs is 1. The van der Waals surface area contributed by atoms with Gasteiger partial charge in [-0.2, -0.15) is 5.10 Å². The number of imidazole rings is 1. The Labute approximate surface area is 193 Å². The highest BCUT2D eigenvalue weighted by atomic mass is 16.6. The first kappa shape index (κ1) is 22.3. The molecule has 3 aromatic carbocycles. The Morgan fingerprint density at radius 3 is 2.62 bits per heavy atom. The number of rotatable bonds is 7. The van der Waals surface area contributed by atoms with Crippen molar-refractivity contribution in [2.75, 3.05) is 0 Å². The topological polar surface area (TPSA) is 129 Å². The third-order valence-electron chi connectivity index (χ3n) is 4.98. The molecule has 0 saturated carbocycles. The maximum Gasteiger partial charge on any atom is 0.343 e. The van der Waals surface area contributed by atoms with Crippen molar-refractivity contribution in [2.24, 2.45) is 12.1 Å². The van der Waals surface area contributed by atoms with Crippen LogP contribution in [-0.2, 0) is 18.3 Å². The summed E-state index contributed by atoms with van der Waals surface area (Å²) in [5, 5.41) is 14.8. The van der Waals surface area contributed by atoms with E-state index in [0.29, 0.717) is 11.4 Å². The minimum Gasteiger partial charge on any atom is -0.423 e. The summed E-state index contributed by atoms with van der Waals surface area (Å²) in [6.45, 7) is 0. The van der Waals surface area contributed by atoms with Gasteiger partial charge in [0.05, 0.1) is 34.2 Å². The van der Waals surface area contributed by atoms with E-state index in [4.69, 9.17) is 4.74 Å². The molecule has 10 heteroatoms. The van der Waals surface area contributed by atoms with Crippen molar-refractivity contribution in [1.82, 2.24) is 15.0 Å². The Balaban J connectivity index is 1.32. The smallest absolute Gasteiger partial charge is 0.343 e. The molecule has 0 fully saturated rings. The number of esters is 1. The average Bonchev–Trinajstić information content (AvgIpc) is 3.15. The van der Waals surface area contributed by atoms with Crippen LogP contribution >= 0.6 is 0 Å². The zero-order valence-corrected chi connectivity index (χ0v) is 18.0. The van der Waals surface area contributed by atoms with Gasteiger partial charge < -0.3 is 9.30 Å². The van der Waals surface area contributed by atoms with Gasteiger partial charge in [0.25, 0.3) is 5.69 Å². The summed E-state index contributed by atoms with van der Waals surface area (Å²) in [5.41, 5.74) is 4.78. The molecule has 0 aliphatic carbocycles. The lowest BCUT2D eigenvalue weighted by Crippen LogP contribution is -2.21. The van der Waals surface area contributed by atoms with Crippen molar-refractivity contribution in [3.63, 3.8) is 0 Å². The number of non-ortho nitro benzene ring substituents is 1. The molecule has 1 amide bonds. The Morgan fingerprint density at radius 2 is 1.88 bits per heavy atom. The van der Waals surface area contributed by atoms with Crippen molar-refractivity contribution >= 4 is 34.8 Å². The lowest BCUT2D eigenvalue weighted by atomic mass is 10.2. The largest absolute Gasteiger partial charge is 0.423 e. The number of carbonyl (C=O) groups is 2. The molecule has 1 aromatic heterocycles. The van der Waals surface area contributed by atoms with E-state index in [-0.39, 0.29) is 29.3 Å². The summed E-state index contributed by atoms with van der Waals surface area (Å²) in [6, 6.07) is 19.3. The number of nitrogens with one attached hydrogen (secondary N) is 1. The van der Waals surface area contributed by atoms with E-state index in [1.807, 2.05) is 35.9 Å². The summed E-state index contributed by atoms with van der Waals surface area (Å²) in [4.78, 5) is 39.2. The third kappa shape index (κ3) is 5.13. The van der Waals surface area contributed by atoms with Crippen LogP contribution in [0.1, 0.15) is 21.7 Å². The molecular weight excluding hydrogens is 438 g/mol. The molecule has 0 spiro atoms. The predicted octanol–water partition coefficient (Wildman–Crippen LogP) is 3.39. The molecule has 4 rings (SSSR count).